The molecule has 0 atom stereocenters. The van der Waals surface area contributed by atoms with Crippen LogP contribution in [0.4, 0.5) is 0 Å². The molecule has 0 amide bonds. The van der Waals surface area contributed by atoms with Crippen LogP contribution < -0.4 is 0 Å². The van der Waals surface area contributed by atoms with E-state index in [2.05, 4.69) is 20.9 Å². The highest BCUT2D eigenvalue weighted by molar-refractivity contribution is 9.09. The molecule has 0 saturated heterocycles. The average molecular weight is 183 g/mol. The Labute approximate surface area is 55.2 Å². The highest BCUT2D eigenvalue weighted by Crippen LogP contribution is 1.80. The lowest BCUT2D eigenvalue weighted by Crippen LogP contribution is -1.78. The molecule has 0 aromatic rings. The summed E-state index contributed by atoms with van der Waals surface area (Å²) >= 11 is 8.09. The van der Waals surface area contributed by atoms with Crippen LogP contribution in [0.1, 0.15) is 0 Å². The van der Waals surface area contributed by atoms with E-state index in [1.165, 1.54) is 6.21 Å². The third kappa shape index (κ3) is 6.11. The lowest BCUT2D eigenvalue weighted by molar-refractivity contribution is 1.50. The Balaban J connectivity index is 3.26. The highest BCUT2D eigenvalue weighted by atomic mass is 79.9. The third-order valence-corrected chi connectivity index (χ3v) is 0.661. The Morgan fingerprint density at radius 2 is 2.57 bits per heavy atom. The number of nitrogens with one attached hydrogen (secondary N) is 1. The highest BCUT2D eigenvalue weighted by Gasteiger charge is 1.75. The topological polar surface area (TPSA) is 36.2 Å². The van der Waals surface area contributed by atoms with E-state index in [1.807, 2.05) is 0 Å². The second-order valence-electron chi connectivity index (χ2n) is 0.757. The van der Waals surface area contributed by atoms with Gasteiger partial charge in [-0.2, -0.15) is 0 Å². The normalized spacial score (nSPS) is 10.0. The minimum Gasteiger partial charge on any atom is -0.272 e. The number of amidine groups is 1. The summed E-state index contributed by atoms with van der Waals surface area (Å²) in [5.74, 6) is 0. The summed E-state index contributed by atoms with van der Waals surface area (Å²) in [4.78, 5) is 3.42. The summed E-state index contributed by atoms with van der Waals surface area (Å²) in [6.07, 6.45) is 1.51. The number of aliphatic imine (C=N–C) groups is 1. The molecule has 0 aliphatic carbocycles. The van der Waals surface area contributed by atoms with Gasteiger partial charge in [-0.05, 0) is 11.6 Å². The molecule has 40 valence electrons. The molecule has 0 spiro atoms. The smallest absolute Gasteiger partial charge is 0.214 e. The van der Waals surface area contributed by atoms with Gasteiger partial charge in [0.2, 0.25) is 5.29 Å². The molecule has 4 heteroatoms. The Morgan fingerprint density at radius 1 is 2.00 bits per heavy atom. The maximum atomic E-state index is 6.54. The van der Waals surface area contributed by atoms with Crippen molar-refractivity contribution in [2.45, 2.75) is 0 Å². The average Bonchev–Trinajstić information content (AvgIpc) is 1.61. The largest absolute Gasteiger partial charge is 0.272 e. The van der Waals surface area contributed by atoms with Gasteiger partial charge < -0.3 is 0 Å². The molecule has 0 bridgehead atoms. The zero-order valence-corrected chi connectivity index (χ0v) is 5.83. The molecule has 0 rings (SSSR count). The Kier molecular flexibility index (Phi) is 4.34. The van der Waals surface area contributed by atoms with Gasteiger partial charge in [-0.15, -0.1) is 0 Å². The van der Waals surface area contributed by atoms with Crippen molar-refractivity contribution in [2.75, 3.05) is 5.33 Å². The maximum Gasteiger partial charge on any atom is 0.214 e. The van der Waals surface area contributed by atoms with Crippen molar-refractivity contribution in [2.24, 2.45) is 4.99 Å². The van der Waals surface area contributed by atoms with Gasteiger partial charge in [-0.1, -0.05) is 15.9 Å². The first-order valence-electron chi connectivity index (χ1n) is 1.60. The first-order valence-corrected chi connectivity index (χ1v) is 3.10. The minimum absolute atomic E-state index is 0.181. The molecule has 7 heavy (non-hydrogen) atoms. The van der Waals surface area contributed by atoms with Crippen LogP contribution in [0.3, 0.4) is 0 Å². The van der Waals surface area contributed by atoms with Crippen molar-refractivity contribution in [3.8, 4) is 0 Å². The fourth-order valence-electron chi connectivity index (χ4n) is 0.115. The van der Waals surface area contributed by atoms with Gasteiger partial charge in [0, 0.05) is 11.5 Å². The number of rotatable bonds is 1. The Bertz CT molecular complexity index is 90.9. The molecule has 0 aromatic heterocycles. The summed E-state index contributed by atoms with van der Waals surface area (Å²) < 4.78 is 0. The van der Waals surface area contributed by atoms with Crippen LogP contribution in [0.5, 0.6) is 0 Å². The lowest BCUT2D eigenvalue weighted by Gasteiger charge is -1.74. The van der Waals surface area contributed by atoms with E-state index in [9.17, 15) is 0 Å². The standard InChI is InChI=1S/C3H4BrClN2/c4-1-2-7-3(5)6/h2,6H,1H2/b6-3?,7-2-. The van der Waals surface area contributed by atoms with Crippen LogP contribution in [-0.2, 0) is 0 Å². The van der Waals surface area contributed by atoms with E-state index >= 15 is 0 Å². The van der Waals surface area contributed by atoms with Gasteiger partial charge in [0.15, 0.2) is 0 Å². The zero-order valence-electron chi connectivity index (χ0n) is 3.49. The molecule has 2 nitrogen and oxygen atoms in total. The Morgan fingerprint density at radius 3 is 2.71 bits per heavy atom. The van der Waals surface area contributed by atoms with Crippen molar-refractivity contribution < 1.29 is 0 Å². The molecular weight excluding hydrogens is 179 g/mol. The first-order chi connectivity index (χ1) is 3.27. The summed E-state index contributed by atoms with van der Waals surface area (Å²) in [6, 6.07) is 0. The van der Waals surface area contributed by atoms with Crippen molar-refractivity contribution in [3.63, 3.8) is 0 Å². The van der Waals surface area contributed by atoms with Gasteiger partial charge in [0.05, 0.1) is 0 Å². The fourth-order valence-corrected chi connectivity index (χ4v) is 0.328. The molecule has 0 unspecified atom stereocenters. The SMILES string of the molecule is N=C(Cl)/N=C\CBr. The van der Waals surface area contributed by atoms with E-state index in [4.69, 9.17) is 17.0 Å². The summed E-state index contributed by atoms with van der Waals surface area (Å²) in [5, 5.41) is 7.00. The molecule has 0 aromatic carbocycles. The number of nitrogens with zero attached hydrogens (tertiary/aromatic N) is 1. The van der Waals surface area contributed by atoms with Crippen LogP contribution in [0.15, 0.2) is 4.99 Å². The number of hydrogen-bond acceptors (Lipinski definition) is 1. The summed E-state index contributed by atoms with van der Waals surface area (Å²) in [5.41, 5.74) is 0. The molecule has 0 heterocycles. The quantitative estimate of drug-likeness (QED) is 0.278. The molecule has 0 aliphatic heterocycles. The van der Waals surface area contributed by atoms with Gasteiger partial charge in [-0.25, -0.2) is 4.99 Å². The van der Waals surface area contributed by atoms with Crippen LogP contribution in [-0.4, -0.2) is 16.8 Å². The second-order valence-corrected chi connectivity index (χ2v) is 1.76. The van der Waals surface area contributed by atoms with Crippen LogP contribution in [0, 0.1) is 5.41 Å². The third-order valence-electron chi connectivity index (χ3n) is 0.274. The van der Waals surface area contributed by atoms with Crippen molar-refractivity contribution >= 4 is 39.0 Å². The van der Waals surface area contributed by atoms with Crippen molar-refractivity contribution in [1.29, 1.82) is 5.41 Å². The fraction of sp³-hybridized carbons (Fsp3) is 0.333. The predicted octanol–water partition coefficient (Wildman–Crippen LogP) is 1.63. The summed E-state index contributed by atoms with van der Waals surface area (Å²) in [7, 11) is 0. The van der Waals surface area contributed by atoms with E-state index in [-0.39, 0.29) is 5.29 Å². The lowest BCUT2D eigenvalue weighted by atomic mass is 10.9. The Hall–Kier alpha value is 0.110. The molecule has 0 radical (unpaired) electrons. The molecule has 0 aliphatic rings. The number of halogens is 2. The van der Waals surface area contributed by atoms with Gasteiger partial charge in [-0.3, -0.25) is 5.41 Å². The van der Waals surface area contributed by atoms with Gasteiger partial charge in [0.1, 0.15) is 0 Å². The van der Waals surface area contributed by atoms with Crippen LogP contribution in [0.25, 0.3) is 0 Å². The maximum absolute atomic E-state index is 6.54. The second kappa shape index (κ2) is 4.27. The zero-order chi connectivity index (χ0) is 5.70. The molecule has 0 fully saturated rings. The minimum atomic E-state index is -0.181. The monoisotopic (exact) mass is 182 g/mol. The van der Waals surface area contributed by atoms with Crippen molar-refractivity contribution in [3.05, 3.63) is 0 Å². The van der Waals surface area contributed by atoms with Crippen molar-refractivity contribution in [1.82, 2.24) is 0 Å². The summed E-state index contributed by atoms with van der Waals surface area (Å²) in [6.45, 7) is 0. The molecular formula is C3H4BrClN2. The molecule has 0 saturated carbocycles. The van der Waals surface area contributed by atoms with E-state index in [1.54, 1.807) is 0 Å². The molecule has 1 N–H and O–H groups in total. The van der Waals surface area contributed by atoms with Crippen LogP contribution >= 0.6 is 27.5 Å². The van der Waals surface area contributed by atoms with Crippen LogP contribution in [0.2, 0.25) is 0 Å². The van der Waals surface area contributed by atoms with E-state index in [0.29, 0.717) is 5.33 Å². The van der Waals surface area contributed by atoms with E-state index in [0.717, 1.165) is 0 Å². The predicted molar refractivity (Wildman–Crippen MR) is 35.9 cm³/mol. The number of alkyl halides is 1. The van der Waals surface area contributed by atoms with Gasteiger partial charge in [0.25, 0.3) is 0 Å². The first kappa shape index (κ1) is 7.11. The van der Waals surface area contributed by atoms with E-state index < -0.39 is 0 Å². The van der Waals surface area contributed by atoms with Gasteiger partial charge >= 0.3 is 0 Å². The number of hydrogen-bond donors (Lipinski definition) is 1.